The number of carboxylic acid groups (broad SMARTS) is 4. The summed E-state index contributed by atoms with van der Waals surface area (Å²) in [7, 11) is 0. The third-order valence-electron chi connectivity index (χ3n) is 4.99. The number of hydrogen-bond donors (Lipinski definition) is 4. The molecule has 9 heteroatoms. The molecule has 0 bridgehead atoms. The van der Waals surface area contributed by atoms with Crippen LogP contribution in [0.1, 0.15) is 32.6 Å². The zero-order chi connectivity index (χ0) is 18.3. The van der Waals surface area contributed by atoms with E-state index in [-0.39, 0.29) is 12.3 Å². The summed E-state index contributed by atoms with van der Waals surface area (Å²) >= 11 is 0. The zero-order valence-electron chi connectivity index (χ0n) is 12.9. The molecule has 9 nitrogen and oxygen atoms in total. The molecule has 1 saturated heterocycles. The third kappa shape index (κ3) is 2.11. The van der Waals surface area contributed by atoms with Crippen LogP contribution >= 0.6 is 0 Å². The predicted octanol–water partition coefficient (Wildman–Crippen LogP) is 0.585. The van der Waals surface area contributed by atoms with Crippen LogP contribution < -0.4 is 0 Å². The second-order valence-electron chi connectivity index (χ2n) is 6.37. The molecule has 2 rings (SSSR count). The van der Waals surface area contributed by atoms with Gasteiger partial charge in [-0.1, -0.05) is 12.2 Å². The molecule has 2 aliphatic rings. The second-order valence-corrected chi connectivity index (χ2v) is 6.37. The molecule has 1 heterocycles. The minimum absolute atomic E-state index is 0.207. The Kier molecular flexibility index (Phi) is 4.17. The number of rotatable bonds is 7. The van der Waals surface area contributed by atoms with Crippen LogP contribution in [0.25, 0.3) is 0 Å². The van der Waals surface area contributed by atoms with Crippen molar-refractivity contribution < 1.29 is 44.3 Å². The van der Waals surface area contributed by atoms with Gasteiger partial charge in [-0.2, -0.15) is 0 Å². The maximum atomic E-state index is 11.9. The molecule has 132 valence electrons. The van der Waals surface area contributed by atoms with Crippen LogP contribution in [0.3, 0.4) is 0 Å². The highest BCUT2D eigenvalue weighted by molar-refractivity contribution is 6.15. The first kappa shape index (κ1) is 17.9. The summed E-state index contributed by atoms with van der Waals surface area (Å²) in [5.74, 6) is -7.80. The topological polar surface area (TPSA) is 162 Å². The number of carbonyl (C=O) groups is 4. The van der Waals surface area contributed by atoms with Gasteiger partial charge >= 0.3 is 29.5 Å². The number of epoxide rings is 1. The first-order valence-corrected chi connectivity index (χ1v) is 7.35. The molecule has 0 aromatic rings. The van der Waals surface area contributed by atoms with Gasteiger partial charge in [-0.15, -0.1) is 0 Å². The van der Waals surface area contributed by atoms with E-state index in [1.807, 2.05) is 12.2 Å². The molecular formula is C15H18O9. The molecule has 24 heavy (non-hydrogen) atoms. The number of hydrogen-bond acceptors (Lipinski definition) is 5. The van der Waals surface area contributed by atoms with Crippen LogP contribution in [0.2, 0.25) is 0 Å². The Morgan fingerprint density at radius 1 is 1.08 bits per heavy atom. The van der Waals surface area contributed by atoms with Gasteiger partial charge in [0.1, 0.15) is 5.41 Å². The third-order valence-corrected chi connectivity index (χ3v) is 4.99. The molecule has 0 saturated carbocycles. The SMILES string of the molecule is CC(CC1CC=CCC1)(C(=O)O)C1(C(=O)O)OC1(C(=O)O)C(=O)O. The van der Waals surface area contributed by atoms with Crippen LogP contribution in [0.15, 0.2) is 12.2 Å². The first-order valence-electron chi connectivity index (χ1n) is 7.35. The smallest absolute Gasteiger partial charge is 0.351 e. The van der Waals surface area contributed by atoms with Crippen LogP contribution in [0, 0.1) is 11.3 Å². The summed E-state index contributed by atoms with van der Waals surface area (Å²) in [4.78, 5) is 46.5. The lowest BCUT2D eigenvalue weighted by atomic mass is 9.64. The van der Waals surface area contributed by atoms with Crippen LogP contribution in [-0.4, -0.2) is 55.5 Å². The van der Waals surface area contributed by atoms with Gasteiger partial charge in [-0.25, -0.2) is 14.4 Å². The lowest BCUT2D eigenvalue weighted by Gasteiger charge is -2.33. The molecule has 0 spiro atoms. The Labute approximate surface area is 136 Å². The summed E-state index contributed by atoms with van der Waals surface area (Å²) < 4.78 is 4.75. The van der Waals surface area contributed by atoms with E-state index < -0.39 is 40.5 Å². The second kappa shape index (κ2) is 5.59. The van der Waals surface area contributed by atoms with E-state index in [4.69, 9.17) is 4.74 Å². The van der Waals surface area contributed by atoms with Crippen molar-refractivity contribution in [3.05, 3.63) is 12.2 Å². The van der Waals surface area contributed by atoms with Crippen molar-refractivity contribution in [1.29, 1.82) is 0 Å². The van der Waals surface area contributed by atoms with E-state index in [9.17, 15) is 39.6 Å². The highest BCUT2D eigenvalue weighted by Crippen LogP contribution is 2.61. The number of aliphatic carboxylic acids is 4. The lowest BCUT2D eigenvalue weighted by Crippen LogP contribution is -2.57. The van der Waals surface area contributed by atoms with E-state index in [2.05, 4.69) is 0 Å². The van der Waals surface area contributed by atoms with Crippen molar-refractivity contribution in [1.82, 2.24) is 0 Å². The van der Waals surface area contributed by atoms with E-state index >= 15 is 0 Å². The summed E-state index contributed by atoms with van der Waals surface area (Å²) in [6, 6.07) is 0. The van der Waals surface area contributed by atoms with Gasteiger partial charge in [-0.3, -0.25) is 4.79 Å². The Balaban J connectivity index is 2.52. The van der Waals surface area contributed by atoms with E-state index in [0.717, 1.165) is 6.92 Å². The minimum atomic E-state index is -3.11. The molecular weight excluding hydrogens is 324 g/mol. The van der Waals surface area contributed by atoms with Gasteiger partial charge in [0.25, 0.3) is 0 Å². The van der Waals surface area contributed by atoms with Gasteiger partial charge < -0.3 is 25.2 Å². The standard InChI is InChI=1S/C15H18O9/c1-13(9(16)17,7-8-5-3-2-4-6-8)15(12(22)23)14(24-15,10(18)19)11(20)21/h2-3,8H,4-7H2,1H3,(H,16,17)(H,18,19)(H,20,21)(H,22,23). The highest BCUT2D eigenvalue weighted by atomic mass is 16.7. The fraction of sp³-hybridized carbons (Fsp3) is 0.600. The summed E-state index contributed by atoms with van der Waals surface area (Å²) in [6.07, 6.45) is 5.33. The van der Waals surface area contributed by atoms with Crippen molar-refractivity contribution in [3.8, 4) is 0 Å². The van der Waals surface area contributed by atoms with Gasteiger partial charge in [0, 0.05) is 0 Å². The quantitative estimate of drug-likeness (QED) is 0.294. The van der Waals surface area contributed by atoms with Crippen LogP contribution in [0.5, 0.6) is 0 Å². The molecule has 0 aromatic carbocycles. The Morgan fingerprint density at radius 3 is 2.00 bits per heavy atom. The molecule has 3 unspecified atom stereocenters. The molecule has 1 aliphatic heterocycles. The largest absolute Gasteiger partial charge is 0.481 e. The molecule has 0 amide bonds. The van der Waals surface area contributed by atoms with Gasteiger partial charge in [0.05, 0.1) is 0 Å². The van der Waals surface area contributed by atoms with Crippen molar-refractivity contribution in [2.24, 2.45) is 11.3 Å². The minimum Gasteiger partial charge on any atom is -0.481 e. The summed E-state index contributed by atoms with van der Waals surface area (Å²) in [5.41, 5.74) is -8.20. The van der Waals surface area contributed by atoms with E-state index in [1.54, 1.807) is 0 Å². The van der Waals surface area contributed by atoms with Gasteiger partial charge in [0.2, 0.25) is 5.60 Å². The molecule has 3 atom stereocenters. The molecule has 1 fully saturated rings. The Bertz CT molecular complexity index is 623. The van der Waals surface area contributed by atoms with Crippen molar-refractivity contribution in [3.63, 3.8) is 0 Å². The molecule has 0 aromatic heterocycles. The monoisotopic (exact) mass is 342 g/mol. The average molecular weight is 342 g/mol. The van der Waals surface area contributed by atoms with E-state index in [1.165, 1.54) is 0 Å². The van der Waals surface area contributed by atoms with Crippen LogP contribution in [-0.2, 0) is 23.9 Å². The van der Waals surface area contributed by atoms with E-state index in [0.29, 0.717) is 19.3 Å². The molecule has 1 aliphatic carbocycles. The maximum Gasteiger partial charge on any atom is 0.351 e. The van der Waals surface area contributed by atoms with Crippen molar-refractivity contribution in [2.45, 2.75) is 43.8 Å². The summed E-state index contributed by atoms with van der Waals surface area (Å²) in [6.45, 7) is 1.04. The number of ether oxygens (including phenoxy) is 1. The number of allylic oxidation sites excluding steroid dienone is 2. The van der Waals surface area contributed by atoms with Crippen molar-refractivity contribution in [2.75, 3.05) is 0 Å². The molecule has 4 N–H and O–H groups in total. The highest BCUT2D eigenvalue weighted by Gasteiger charge is 2.92. The van der Waals surface area contributed by atoms with Gasteiger partial charge in [-0.05, 0) is 38.5 Å². The lowest BCUT2D eigenvalue weighted by molar-refractivity contribution is -0.166. The van der Waals surface area contributed by atoms with Gasteiger partial charge in [0.15, 0.2) is 0 Å². The maximum absolute atomic E-state index is 11.9. The number of carboxylic acids is 4. The van der Waals surface area contributed by atoms with Crippen LogP contribution in [0.4, 0.5) is 0 Å². The molecule has 0 radical (unpaired) electrons. The fourth-order valence-corrected chi connectivity index (χ4v) is 3.62. The first-order chi connectivity index (χ1) is 11.1. The Hall–Kier alpha value is -2.42. The normalized spacial score (nSPS) is 30.1. The zero-order valence-corrected chi connectivity index (χ0v) is 12.9. The Morgan fingerprint density at radius 2 is 1.67 bits per heavy atom. The fourth-order valence-electron chi connectivity index (χ4n) is 3.62. The average Bonchev–Trinajstić information content (AvgIpc) is 3.21. The summed E-state index contributed by atoms with van der Waals surface area (Å²) in [5, 5.41) is 37.6. The van der Waals surface area contributed by atoms with Crippen molar-refractivity contribution >= 4 is 23.9 Å². The predicted molar refractivity (Wildman–Crippen MR) is 76.3 cm³/mol.